The highest BCUT2D eigenvalue weighted by atomic mass is 16.5. The van der Waals surface area contributed by atoms with Crippen molar-refractivity contribution in [1.29, 1.82) is 0 Å². The zero-order chi connectivity index (χ0) is 22.0. The number of amides is 2. The molecule has 1 aliphatic heterocycles. The second-order valence-corrected chi connectivity index (χ2v) is 7.50. The van der Waals surface area contributed by atoms with Crippen LogP contribution in [0.5, 0.6) is 5.75 Å². The van der Waals surface area contributed by atoms with Gasteiger partial charge in [0.25, 0.3) is 11.8 Å². The van der Waals surface area contributed by atoms with Gasteiger partial charge in [-0.1, -0.05) is 42.0 Å². The molecule has 1 N–H and O–H groups in total. The lowest BCUT2D eigenvalue weighted by Crippen LogP contribution is -2.32. The molecule has 4 rings (SSSR count). The summed E-state index contributed by atoms with van der Waals surface area (Å²) >= 11 is 0. The van der Waals surface area contributed by atoms with Crippen molar-refractivity contribution in [3.8, 4) is 5.75 Å². The van der Waals surface area contributed by atoms with E-state index in [4.69, 9.17) is 4.74 Å². The number of nitrogens with one attached hydrogen (secondary N) is 1. The van der Waals surface area contributed by atoms with Crippen LogP contribution in [0.2, 0.25) is 0 Å². The molecule has 0 spiro atoms. The van der Waals surface area contributed by atoms with Crippen molar-refractivity contribution in [2.45, 2.75) is 20.4 Å². The zero-order valence-electron chi connectivity index (χ0n) is 17.7. The maximum Gasteiger partial charge on any atom is 0.278 e. The molecule has 6 nitrogen and oxygen atoms in total. The number of imide groups is 1. The summed E-state index contributed by atoms with van der Waals surface area (Å²) in [5.41, 5.74) is 4.76. The predicted molar refractivity (Wildman–Crippen MR) is 119 cm³/mol. The van der Waals surface area contributed by atoms with E-state index in [1.165, 1.54) is 4.90 Å². The molecule has 0 saturated carbocycles. The average Bonchev–Trinajstić information content (AvgIpc) is 3.00. The molecule has 0 saturated heterocycles. The molecular weight excluding hydrogens is 390 g/mol. The van der Waals surface area contributed by atoms with Gasteiger partial charge in [0.2, 0.25) is 0 Å². The van der Waals surface area contributed by atoms with Crippen LogP contribution in [0.1, 0.15) is 22.3 Å². The maximum atomic E-state index is 13.4. The number of hydrogen-bond acceptors (Lipinski definition) is 5. The van der Waals surface area contributed by atoms with Crippen LogP contribution in [0.4, 0.5) is 5.69 Å². The van der Waals surface area contributed by atoms with Gasteiger partial charge in [-0.25, -0.2) is 0 Å². The van der Waals surface area contributed by atoms with E-state index in [0.717, 1.165) is 16.7 Å². The lowest BCUT2D eigenvalue weighted by Gasteiger charge is -2.16. The second kappa shape index (κ2) is 8.44. The number of aromatic nitrogens is 1. The van der Waals surface area contributed by atoms with Crippen molar-refractivity contribution in [2.24, 2.45) is 0 Å². The average molecular weight is 413 g/mol. The number of ether oxygens (including phenoxy) is 1. The number of aryl methyl sites for hydroxylation is 2. The predicted octanol–water partition coefficient (Wildman–Crippen LogP) is 4.10. The lowest BCUT2D eigenvalue weighted by atomic mass is 10.0. The second-order valence-electron chi connectivity index (χ2n) is 7.50. The molecule has 6 heteroatoms. The van der Waals surface area contributed by atoms with Gasteiger partial charge >= 0.3 is 0 Å². The Balaban J connectivity index is 1.78. The van der Waals surface area contributed by atoms with Gasteiger partial charge in [-0.15, -0.1) is 0 Å². The Morgan fingerprint density at radius 3 is 2.39 bits per heavy atom. The van der Waals surface area contributed by atoms with Crippen LogP contribution in [0.25, 0.3) is 5.57 Å². The quantitative estimate of drug-likeness (QED) is 0.616. The molecule has 0 atom stereocenters. The number of nitrogens with zero attached hydrogens (tertiary/aromatic N) is 2. The van der Waals surface area contributed by atoms with Gasteiger partial charge in [-0.05, 0) is 48.7 Å². The summed E-state index contributed by atoms with van der Waals surface area (Å²) in [6.45, 7) is 4.08. The summed E-state index contributed by atoms with van der Waals surface area (Å²) in [6.07, 6.45) is 3.31. The molecule has 156 valence electrons. The molecule has 31 heavy (non-hydrogen) atoms. The topological polar surface area (TPSA) is 71.5 Å². The minimum atomic E-state index is -0.381. The van der Waals surface area contributed by atoms with Crippen LogP contribution < -0.4 is 10.1 Å². The number of carbonyl (C=O) groups excluding carboxylic acids is 2. The molecule has 0 radical (unpaired) electrons. The molecule has 1 aliphatic rings. The summed E-state index contributed by atoms with van der Waals surface area (Å²) in [6, 6.07) is 16.8. The molecule has 2 aromatic carbocycles. The minimum absolute atomic E-state index is 0.150. The van der Waals surface area contributed by atoms with E-state index in [-0.39, 0.29) is 24.1 Å². The Morgan fingerprint density at radius 1 is 0.968 bits per heavy atom. The first-order chi connectivity index (χ1) is 15.0. The minimum Gasteiger partial charge on any atom is -0.495 e. The van der Waals surface area contributed by atoms with Gasteiger partial charge in [0.15, 0.2) is 0 Å². The van der Waals surface area contributed by atoms with Crippen LogP contribution in [0.3, 0.4) is 0 Å². The summed E-state index contributed by atoms with van der Waals surface area (Å²) < 4.78 is 5.45. The lowest BCUT2D eigenvalue weighted by molar-refractivity contribution is -0.137. The van der Waals surface area contributed by atoms with Crippen molar-refractivity contribution in [1.82, 2.24) is 9.88 Å². The molecule has 0 unspecified atom stereocenters. The van der Waals surface area contributed by atoms with Crippen LogP contribution >= 0.6 is 0 Å². The first-order valence-electron chi connectivity index (χ1n) is 9.96. The number of hydrogen-bond donors (Lipinski definition) is 1. The van der Waals surface area contributed by atoms with E-state index in [2.05, 4.69) is 10.3 Å². The highest BCUT2D eigenvalue weighted by Gasteiger charge is 2.39. The van der Waals surface area contributed by atoms with E-state index in [0.29, 0.717) is 22.6 Å². The fourth-order valence-corrected chi connectivity index (χ4v) is 3.55. The van der Waals surface area contributed by atoms with Gasteiger partial charge in [-0.3, -0.25) is 19.5 Å². The summed E-state index contributed by atoms with van der Waals surface area (Å²) in [5.74, 6) is -0.132. The Bertz CT molecular complexity index is 1170. The van der Waals surface area contributed by atoms with Gasteiger partial charge in [0, 0.05) is 12.4 Å². The molecule has 1 aromatic heterocycles. The summed E-state index contributed by atoms with van der Waals surface area (Å²) in [5, 5.41) is 3.19. The van der Waals surface area contributed by atoms with Gasteiger partial charge in [0.1, 0.15) is 11.4 Å². The fraction of sp³-hybridized carbons (Fsp3) is 0.160. The zero-order valence-corrected chi connectivity index (χ0v) is 17.7. The summed E-state index contributed by atoms with van der Waals surface area (Å²) in [7, 11) is 1.57. The number of benzene rings is 2. The third-order valence-corrected chi connectivity index (χ3v) is 5.19. The van der Waals surface area contributed by atoms with Crippen molar-refractivity contribution >= 4 is 23.1 Å². The Labute approximate surface area is 181 Å². The normalized spacial score (nSPS) is 13.7. The number of pyridine rings is 1. The highest BCUT2D eigenvalue weighted by molar-refractivity contribution is 6.36. The largest absolute Gasteiger partial charge is 0.495 e. The Hall–Kier alpha value is -3.93. The molecule has 3 aromatic rings. The third kappa shape index (κ3) is 4.05. The van der Waals surface area contributed by atoms with Crippen LogP contribution in [-0.4, -0.2) is 28.8 Å². The first kappa shape index (κ1) is 20.3. The molecule has 2 heterocycles. The smallest absolute Gasteiger partial charge is 0.278 e. The maximum absolute atomic E-state index is 13.4. The standard InChI is InChI=1S/C25H23N3O3/c1-16-6-9-19(10-7-16)22-23(27-20-13-17(2)8-11-21(20)31-3)25(30)28(24(22)29)15-18-5-4-12-26-14-18/h4-14,27H,15H2,1-3H3. The van der Waals surface area contributed by atoms with E-state index in [1.807, 2.05) is 62.4 Å². The van der Waals surface area contributed by atoms with E-state index in [1.54, 1.807) is 25.6 Å². The Kier molecular flexibility index (Phi) is 5.54. The molecule has 0 fully saturated rings. The van der Waals surface area contributed by atoms with Gasteiger partial charge < -0.3 is 10.1 Å². The molecule has 0 bridgehead atoms. The third-order valence-electron chi connectivity index (χ3n) is 5.19. The van der Waals surface area contributed by atoms with Crippen molar-refractivity contribution in [3.05, 3.63) is 94.9 Å². The van der Waals surface area contributed by atoms with Gasteiger partial charge in [-0.2, -0.15) is 0 Å². The van der Waals surface area contributed by atoms with E-state index < -0.39 is 0 Å². The van der Waals surface area contributed by atoms with Crippen molar-refractivity contribution in [2.75, 3.05) is 12.4 Å². The number of rotatable bonds is 6. The SMILES string of the molecule is COc1ccc(C)cc1NC1=C(c2ccc(C)cc2)C(=O)N(Cc2cccnc2)C1=O. The first-order valence-corrected chi connectivity index (χ1v) is 9.96. The van der Waals surface area contributed by atoms with Crippen molar-refractivity contribution in [3.63, 3.8) is 0 Å². The number of carbonyl (C=O) groups is 2. The Morgan fingerprint density at radius 2 is 1.71 bits per heavy atom. The number of methoxy groups -OCH3 is 1. The van der Waals surface area contributed by atoms with Crippen LogP contribution in [0.15, 0.2) is 72.7 Å². The molecule has 0 aliphatic carbocycles. The van der Waals surface area contributed by atoms with Crippen LogP contribution in [0, 0.1) is 13.8 Å². The van der Waals surface area contributed by atoms with E-state index >= 15 is 0 Å². The van der Waals surface area contributed by atoms with Crippen LogP contribution in [-0.2, 0) is 16.1 Å². The van der Waals surface area contributed by atoms with Crippen molar-refractivity contribution < 1.29 is 14.3 Å². The van der Waals surface area contributed by atoms with Gasteiger partial charge in [0.05, 0.1) is 24.9 Å². The fourth-order valence-electron chi connectivity index (χ4n) is 3.55. The summed E-state index contributed by atoms with van der Waals surface area (Å²) in [4.78, 5) is 32.1. The highest BCUT2D eigenvalue weighted by Crippen LogP contribution is 2.34. The van der Waals surface area contributed by atoms with E-state index in [9.17, 15) is 9.59 Å². The molecular formula is C25H23N3O3. The number of anilines is 1. The monoisotopic (exact) mass is 413 g/mol. The molecule has 2 amide bonds.